The number of ether oxygens (including phenoxy) is 2. The van der Waals surface area contributed by atoms with Crippen LogP contribution >= 0.6 is 0 Å². The summed E-state index contributed by atoms with van der Waals surface area (Å²) in [6.07, 6.45) is 5.30. The first-order valence-electron chi connectivity index (χ1n) is 5.61. The molecule has 0 unspecified atom stereocenters. The SMILES string of the molecule is CCOC(=O)[C@]12CC=C[C@](C)(CC1)OC2=O. The zero-order valence-electron chi connectivity index (χ0n) is 9.62. The van der Waals surface area contributed by atoms with E-state index in [1.165, 1.54) is 0 Å². The zero-order chi connectivity index (χ0) is 11.8. The third-order valence-corrected chi connectivity index (χ3v) is 3.37. The maximum Gasteiger partial charge on any atom is 0.324 e. The van der Waals surface area contributed by atoms with Crippen LogP contribution in [-0.2, 0) is 19.1 Å². The third-order valence-electron chi connectivity index (χ3n) is 3.37. The Bertz CT molecular complexity index is 360. The number of allylic oxidation sites excluding steroid dienone is 1. The summed E-state index contributed by atoms with van der Waals surface area (Å²) >= 11 is 0. The van der Waals surface area contributed by atoms with Crippen LogP contribution in [0.3, 0.4) is 0 Å². The molecule has 1 fully saturated rings. The van der Waals surface area contributed by atoms with Gasteiger partial charge in [-0.25, -0.2) is 0 Å². The summed E-state index contributed by atoms with van der Waals surface area (Å²) in [6.45, 7) is 3.88. The van der Waals surface area contributed by atoms with Gasteiger partial charge in [-0.15, -0.1) is 0 Å². The van der Waals surface area contributed by atoms with Gasteiger partial charge in [-0.05, 0) is 39.2 Å². The van der Waals surface area contributed by atoms with Gasteiger partial charge in [0.05, 0.1) is 6.61 Å². The summed E-state index contributed by atoms with van der Waals surface area (Å²) in [5.74, 6) is -0.890. The number of esters is 2. The van der Waals surface area contributed by atoms with Crippen molar-refractivity contribution in [2.24, 2.45) is 5.41 Å². The predicted molar refractivity (Wildman–Crippen MR) is 56.6 cm³/mol. The summed E-state index contributed by atoms with van der Waals surface area (Å²) in [6, 6.07) is 0. The lowest BCUT2D eigenvalue weighted by Gasteiger charge is -2.37. The molecule has 2 heterocycles. The van der Waals surface area contributed by atoms with Crippen LogP contribution < -0.4 is 0 Å². The standard InChI is InChI=1S/C12H16O4/c1-3-15-9(13)12-6-4-5-11(2,7-8-12)16-10(12)14/h4-5H,3,6-8H2,1-2H3/t11-,12+/m1/s1. The molecule has 2 aliphatic heterocycles. The van der Waals surface area contributed by atoms with Gasteiger partial charge in [0.2, 0.25) is 0 Å². The van der Waals surface area contributed by atoms with Crippen LogP contribution in [0, 0.1) is 5.41 Å². The lowest BCUT2D eigenvalue weighted by molar-refractivity contribution is -0.186. The molecule has 1 saturated heterocycles. The highest BCUT2D eigenvalue weighted by Crippen LogP contribution is 2.44. The van der Waals surface area contributed by atoms with E-state index in [9.17, 15) is 9.59 Å². The maximum absolute atomic E-state index is 12.0. The Morgan fingerprint density at radius 1 is 1.56 bits per heavy atom. The largest absolute Gasteiger partial charge is 0.465 e. The highest BCUT2D eigenvalue weighted by Gasteiger charge is 2.55. The monoisotopic (exact) mass is 224 g/mol. The van der Waals surface area contributed by atoms with Gasteiger partial charge in [0.1, 0.15) is 5.60 Å². The van der Waals surface area contributed by atoms with Crippen LogP contribution in [0.25, 0.3) is 0 Å². The molecule has 88 valence electrons. The van der Waals surface area contributed by atoms with E-state index in [2.05, 4.69) is 0 Å². The Morgan fingerprint density at radius 2 is 2.31 bits per heavy atom. The van der Waals surface area contributed by atoms with E-state index >= 15 is 0 Å². The van der Waals surface area contributed by atoms with E-state index in [0.717, 1.165) is 0 Å². The topological polar surface area (TPSA) is 52.6 Å². The number of carbonyl (C=O) groups excluding carboxylic acids is 2. The lowest BCUT2D eigenvalue weighted by atomic mass is 9.77. The average molecular weight is 224 g/mol. The normalized spacial score (nSPS) is 36.8. The van der Waals surface area contributed by atoms with E-state index in [-0.39, 0.29) is 6.61 Å². The van der Waals surface area contributed by atoms with Gasteiger partial charge in [0, 0.05) is 0 Å². The second kappa shape index (κ2) is 3.61. The molecule has 2 atom stereocenters. The molecule has 4 heteroatoms. The second-order valence-electron chi connectivity index (χ2n) is 4.61. The number of hydrogen-bond donors (Lipinski definition) is 0. The highest BCUT2D eigenvalue weighted by molar-refractivity contribution is 6.01. The van der Waals surface area contributed by atoms with Gasteiger partial charge in [-0.3, -0.25) is 9.59 Å². The third kappa shape index (κ3) is 1.52. The van der Waals surface area contributed by atoms with E-state index in [1.54, 1.807) is 6.92 Å². The second-order valence-corrected chi connectivity index (χ2v) is 4.61. The fraction of sp³-hybridized carbons (Fsp3) is 0.667. The minimum Gasteiger partial charge on any atom is -0.465 e. The molecule has 1 aliphatic carbocycles. The highest BCUT2D eigenvalue weighted by atomic mass is 16.6. The molecule has 0 radical (unpaired) electrons. The van der Waals surface area contributed by atoms with Crippen molar-refractivity contribution in [1.82, 2.24) is 0 Å². The van der Waals surface area contributed by atoms with E-state index in [1.807, 2.05) is 19.1 Å². The van der Waals surface area contributed by atoms with Crippen molar-refractivity contribution in [3.05, 3.63) is 12.2 Å². The first kappa shape index (κ1) is 11.2. The Labute approximate surface area is 94.6 Å². The quantitative estimate of drug-likeness (QED) is 0.406. The average Bonchev–Trinajstić information content (AvgIpc) is 2.45. The van der Waals surface area contributed by atoms with Gasteiger partial charge >= 0.3 is 11.9 Å². The number of fused-ring (bicyclic) bond motifs is 3. The molecule has 4 nitrogen and oxygen atoms in total. The van der Waals surface area contributed by atoms with E-state index in [4.69, 9.17) is 9.47 Å². The van der Waals surface area contributed by atoms with Gasteiger partial charge in [-0.1, -0.05) is 6.08 Å². The van der Waals surface area contributed by atoms with Gasteiger partial charge < -0.3 is 9.47 Å². The molecule has 0 spiro atoms. The molecule has 0 saturated carbocycles. The van der Waals surface area contributed by atoms with Gasteiger partial charge in [0.15, 0.2) is 5.41 Å². The molecular weight excluding hydrogens is 208 g/mol. The molecule has 0 amide bonds. The first-order valence-corrected chi connectivity index (χ1v) is 5.61. The van der Waals surface area contributed by atoms with Crippen molar-refractivity contribution in [3.63, 3.8) is 0 Å². The van der Waals surface area contributed by atoms with Crippen LogP contribution in [0.2, 0.25) is 0 Å². The van der Waals surface area contributed by atoms with Crippen LogP contribution in [0.4, 0.5) is 0 Å². The minimum absolute atomic E-state index is 0.287. The first-order chi connectivity index (χ1) is 7.52. The van der Waals surface area contributed by atoms with E-state index < -0.39 is 23.0 Å². The maximum atomic E-state index is 12.0. The van der Waals surface area contributed by atoms with E-state index in [0.29, 0.717) is 19.3 Å². The smallest absolute Gasteiger partial charge is 0.324 e. The number of carbonyl (C=O) groups is 2. The zero-order valence-corrected chi connectivity index (χ0v) is 9.62. The van der Waals surface area contributed by atoms with Crippen LogP contribution in [0.5, 0.6) is 0 Å². The Balaban J connectivity index is 2.31. The molecular formula is C12H16O4. The predicted octanol–water partition coefficient (Wildman–Crippen LogP) is 1.59. The summed E-state index contributed by atoms with van der Waals surface area (Å²) in [4.78, 5) is 23.8. The van der Waals surface area contributed by atoms with Crippen LogP contribution in [0.1, 0.15) is 33.1 Å². The van der Waals surface area contributed by atoms with Crippen LogP contribution in [-0.4, -0.2) is 24.1 Å². The van der Waals surface area contributed by atoms with Crippen molar-refractivity contribution in [3.8, 4) is 0 Å². The molecule has 2 bridgehead atoms. The molecule has 0 aromatic heterocycles. The summed E-state index contributed by atoms with van der Waals surface area (Å²) in [5.41, 5.74) is -1.63. The van der Waals surface area contributed by atoms with Crippen LogP contribution in [0.15, 0.2) is 12.2 Å². The Kier molecular flexibility index (Phi) is 2.52. The minimum atomic E-state index is -1.09. The fourth-order valence-electron chi connectivity index (χ4n) is 2.27. The molecule has 0 aromatic carbocycles. The summed E-state index contributed by atoms with van der Waals surface area (Å²) in [5, 5.41) is 0. The summed E-state index contributed by atoms with van der Waals surface area (Å²) in [7, 11) is 0. The molecule has 0 N–H and O–H groups in total. The number of rotatable bonds is 2. The molecule has 0 aromatic rings. The molecule has 3 rings (SSSR count). The van der Waals surface area contributed by atoms with Crippen molar-refractivity contribution >= 4 is 11.9 Å². The Hall–Kier alpha value is -1.32. The fourth-order valence-corrected chi connectivity index (χ4v) is 2.27. The van der Waals surface area contributed by atoms with Crippen molar-refractivity contribution in [2.45, 2.75) is 38.7 Å². The molecule has 16 heavy (non-hydrogen) atoms. The molecule has 3 aliphatic rings. The number of hydrogen-bond acceptors (Lipinski definition) is 4. The summed E-state index contributed by atoms with van der Waals surface area (Å²) < 4.78 is 10.3. The van der Waals surface area contributed by atoms with Crippen molar-refractivity contribution in [2.75, 3.05) is 6.61 Å². The van der Waals surface area contributed by atoms with Gasteiger partial charge in [-0.2, -0.15) is 0 Å². The van der Waals surface area contributed by atoms with Gasteiger partial charge in [0.25, 0.3) is 0 Å². The Morgan fingerprint density at radius 3 is 2.94 bits per heavy atom. The lowest BCUT2D eigenvalue weighted by Crippen LogP contribution is -2.49. The van der Waals surface area contributed by atoms with Crippen molar-refractivity contribution in [1.29, 1.82) is 0 Å². The van der Waals surface area contributed by atoms with Crippen molar-refractivity contribution < 1.29 is 19.1 Å².